The van der Waals surface area contributed by atoms with Crippen LogP contribution in [-0.4, -0.2) is 42.7 Å². The number of H-pyrrole nitrogens is 1. The van der Waals surface area contributed by atoms with Crippen LogP contribution >= 0.6 is 0 Å². The molecule has 0 radical (unpaired) electrons. The number of hydrogen-bond donors (Lipinski definition) is 3. The van der Waals surface area contributed by atoms with E-state index in [-0.39, 0.29) is 12.1 Å². The third-order valence-corrected chi connectivity index (χ3v) is 3.89. The number of ether oxygens (including phenoxy) is 3. The molecule has 2 heterocycles. The van der Waals surface area contributed by atoms with Crippen molar-refractivity contribution in [2.75, 3.05) is 25.6 Å². The Morgan fingerprint density at radius 3 is 3.08 bits per heavy atom. The second-order valence-electron chi connectivity index (χ2n) is 5.73. The van der Waals surface area contributed by atoms with Crippen LogP contribution < -0.4 is 20.1 Å². The molecule has 0 spiro atoms. The van der Waals surface area contributed by atoms with E-state index in [4.69, 9.17) is 14.2 Å². The first-order chi connectivity index (χ1) is 12.2. The zero-order chi connectivity index (χ0) is 17.5. The van der Waals surface area contributed by atoms with Gasteiger partial charge in [0.25, 0.3) is 0 Å². The van der Waals surface area contributed by atoms with Crippen LogP contribution in [0.5, 0.6) is 11.5 Å². The maximum atomic E-state index is 11.8. The molecule has 134 valence electrons. The molecule has 1 saturated heterocycles. The number of hydrogen-bond acceptors (Lipinski definition) is 5. The summed E-state index contributed by atoms with van der Waals surface area (Å²) in [4.78, 5) is 11.8. The average molecular weight is 346 g/mol. The summed E-state index contributed by atoms with van der Waals surface area (Å²) in [6.07, 6.45) is 5.39. The summed E-state index contributed by atoms with van der Waals surface area (Å²) in [5.74, 6) is 1.30. The molecule has 8 heteroatoms. The van der Waals surface area contributed by atoms with Crippen LogP contribution in [0.15, 0.2) is 30.6 Å². The number of aromatic nitrogens is 2. The lowest BCUT2D eigenvalue weighted by molar-refractivity contribution is 0.0669. The second kappa shape index (κ2) is 8.39. The maximum absolute atomic E-state index is 11.8. The number of aromatic amines is 1. The molecular formula is C17H22N4O4. The topological polar surface area (TPSA) is 97.5 Å². The highest BCUT2D eigenvalue weighted by Crippen LogP contribution is 2.29. The number of amides is 2. The molecule has 0 bridgehead atoms. The van der Waals surface area contributed by atoms with Gasteiger partial charge in [-0.25, -0.2) is 4.79 Å². The lowest BCUT2D eigenvalue weighted by Gasteiger charge is -2.15. The summed E-state index contributed by atoms with van der Waals surface area (Å²) in [6.45, 7) is 1.68. The molecule has 1 atom stereocenters. The van der Waals surface area contributed by atoms with Crippen LogP contribution in [0, 0.1) is 0 Å². The fourth-order valence-corrected chi connectivity index (χ4v) is 2.58. The normalized spacial score (nSPS) is 16.4. The number of anilines is 1. The first-order valence-corrected chi connectivity index (χ1v) is 8.19. The van der Waals surface area contributed by atoms with Gasteiger partial charge in [-0.15, -0.1) is 0 Å². The number of benzene rings is 1. The molecule has 0 aliphatic carbocycles. The van der Waals surface area contributed by atoms with Crippen LogP contribution in [0.3, 0.4) is 0 Å². The molecule has 2 amide bonds. The average Bonchev–Trinajstić information content (AvgIpc) is 3.32. The molecule has 0 unspecified atom stereocenters. The third-order valence-electron chi connectivity index (χ3n) is 3.89. The Labute approximate surface area is 145 Å². The van der Waals surface area contributed by atoms with E-state index in [1.54, 1.807) is 13.3 Å². The fraction of sp³-hybridized carbons (Fsp3) is 0.412. The molecule has 1 aliphatic rings. The zero-order valence-corrected chi connectivity index (χ0v) is 14.1. The molecule has 8 nitrogen and oxygen atoms in total. The van der Waals surface area contributed by atoms with E-state index in [2.05, 4.69) is 20.8 Å². The first kappa shape index (κ1) is 17.1. The Kier molecular flexibility index (Phi) is 5.73. The minimum Gasteiger partial charge on any atom is -0.493 e. The summed E-state index contributed by atoms with van der Waals surface area (Å²) in [5.41, 5.74) is 1.51. The number of methoxy groups -OCH3 is 1. The van der Waals surface area contributed by atoms with E-state index in [9.17, 15) is 4.79 Å². The molecule has 1 aromatic heterocycles. The SMILES string of the molecule is COc1cc(CNC(=O)Nc2cn[nH]c2)ccc1OC[C@@H]1CCCO1. The van der Waals surface area contributed by atoms with Crippen molar-refractivity contribution in [1.82, 2.24) is 15.5 Å². The monoisotopic (exact) mass is 346 g/mol. The summed E-state index contributed by atoms with van der Waals surface area (Å²) >= 11 is 0. The van der Waals surface area contributed by atoms with Gasteiger partial charge in [0.05, 0.1) is 25.1 Å². The number of rotatable bonds is 7. The van der Waals surface area contributed by atoms with Crippen LogP contribution in [0.4, 0.5) is 10.5 Å². The summed E-state index contributed by atoms with van der Waals surface area (Å²) in [7, 11) is 1.59. The Bertz CT molecular complexity index is 684. The Hall–Kier alpha value is -2.74. The highest BCUT2D eigenvalue weighted by atomic mass is 16.5. The van der Waals surface area contributed by atoms with Gasteiger partial charge in [-0.1, -0.05) is 6.07 Å². The lowest BCUT2D eigenvalue weighted by Crippen LogP contribution is -2.28. The predicted molar refractivity (Wildman–Crippen MR) is 91.9 cm³/mol. The molecule has 2 aromatic rings. The maximum Gasteiger partial charge on any atom is 0.319 e. The predicted octanol–water partition coefficient (Wildman–Crippen LogP) is 2.30. The van der Waals surface area contributed by atoms with Crippen molar-refractivity contribution in [2.45, 2.75) is 25.5 Å². The molecule has 1 aliphatic heterocycles. The second-order valence-corrected chi connectivity index (χ2v) is 5.73. The molecule has 3 rings (SSSR count). The van der Waals surface area contributed by atoms with Gasteiger partial charge in [0.2, 0.25) is 0 Å². The smallest absolute Gasteiger partial charge is 0.319 e. The van der Waals surface area contributed by atoms with Gasteiger partial charge in [-0.2, -0.15) is 5.10 Å². The van der Waals surface area contributed by atoms with Crippen LogP contribution in [0.25, 0.3) is 0 Å². The largest absolute Gasteiger partial charge is 0.493 e. The van der Waals surface area contributed by atoms with E-state index in [1.807, 2.05) is 18.2 Å². The van der Waals surface area contributed by atoms with Crippen molar-refractivity contribution < 1.29 is 19.0 Å². The van der Waals surface area contributed by atoms with Crippen molar-refractivity contribution in [3.05, 3.63) is 36.2 Å². The van der Waals surface area contributed by atoms with Gasteiger partial charge in [-0.3, -0.25) is 5.10 Å². The van der Waals surface area contributed by atoms with Crippen molar-refractivity contribution in [3.8, 4) is 11.5 Å². The third kappa shape index (κ3) is 4.87. The Balaban J connectivity index is 1.52. The number of carbonyl (C=O) groups is 1. The quantitative estimate of drug-likeness (QED) is 0.715. The highest BCUT2D eigenvalue weighted by Gasteiger charge is 2.17. The first-order valence-electron chi connectivity index (χ1n) is 8.19. The van der Waals surface area contributed by atoms with E-state index in [1.165, 1.54) is 6.20 Å². The fourth-order valence-electron chi connectivity index (χ4n) is 2.58. The molecular weight excluding hydrogens is 324 g/mol. The zero-order valence-electron chi connectivity index (χ0n) is 14.1. The number of urea groups is 1. The number of nitrogens with zero attached hydrogens (tertiary/aromatic N) is 1. The van der Waals surface area contributed by atoms with E-state index >= 15 is 0 Å². The summed E-state index contributed by atoms with van der Waals surface area (Å²) in [6, 6.07) is 5.28. The molecule has 0 saturated carbocycles. The molecule has 1 fully saturated rings. The van der Waals surface area contributed by atoms with E-state index in [0.29, 0.717) is 30.3 Å². The van der Waals surface area contributed by atoms with Crippen molar-refractivity contribution in [2.24, 2.45) is 0 Å². The summed E-state index contributed by atoms with van der Waals surface area (Å²) < 4.78 is 16.7. The van der Waals surface area contributed by atoms with Crippen LogP contribution in [0.2, 0.25) is 0 Å². The van der Waals surface area contributed by atoms with Gasteiger partial charge in [0, 0.05) is 19.3 Å². The summed E-state index contributed by atoms with van der Waals surface area (Å²) in [5, 5.41) is 11.8. The van der Waals surface area contributed by atoms with E-state index < -0.39 is 0 Å². The van der Waals surface area contributed by atoms with Crippen LogP contribution in [0.1, 0.15) is 18.4 Å². The van der Waals surface area contributed by atoms with Crippen molar-refractivity contribution in [1.29, 1.82) is 0 Å². The standard InChI is InChI=1S/C17H22N4O4/c1-23-16-7-12(8-18-17(22)21-13-9-19-20-10-13)4-5-15(16)25-11-14-3-2-6-24-14/h4-5,7,9-10,14H,2-3,6,8,11H2,1H3,(H,19,20)(H2,18,21,22)/t14-/m0/s1. The van der Waals surface area contributed by atoms with Crippen LogP contribution in [-0.2, 0) is 11.3 Å². The molecule has 1 aromatic carbocycles. The lowest BCUT2D eigenvalue weighted by atomic mass is 10.2. The van der Waals surface area contributed by atoms with E-state index in [0.717, 1.165) is 25.0 Å². The molecule has 3 N–H and O–H groups in total. The van der Waals surface area contributed by atoms with Gasteiger partial charge in [0.15, 0.2) is 11.5 Å². The minimum atomic E-state index is -0.306. The Morgan fingerprint density at radius 2 is 2.36 bits per heavy atom. The van der Waals surface area contributed by atoms with Gasteiger partial charge >= 0.3 is 6.03 Å². The number of nitrogens with one attached hydrogen (secondary N) is 3. The van der Waals surface area contributed by atoms with Crippen molar-refractivity contribution in [3.63, 3.8) is 0 Å². The highest BCUT2D eigenvalue weighted by molar-refractivity contribution is 5.88. The Morgan fingerprint density at radius 1 is 1.44 bits per heavy atom. The van der Waals surface area contributed by atoms with Gasteiger partial charge < -0.3 is 24.8 Å². The van der Waals surface area contributed by atoms with Crippen molar-refractivity contribution >= 4 is 11.7 Å². The number of carbonyl (C=O) groups excluding carboxylic acids is 1. The molecule has 25 heavy (non-hydrogen) atoms. The minimum absolute atomic E-state index is 0.151. The van der Waals surface area contributed by atoms with Gasteiger partial charge in [-0.05, 0) is 30.5 Å². The van der Waals surface area contributed by atoms with Gasteiger partial charge in [0.1, 0.15) is 6.61 Å².